The Morgan fingerprint density at radius 1 is 1.05 bits per heavy atom. The first-order chi connectivity index (χ1) is 20.8. The lowest BCUT2D eigenvalue weighted by Gasteiger charge is -2.34. The van der Waals surface area contributed by atoms with Crippen LogP contribution < -0.4 is 20.7 Å². The number of hydrogen-bond acceptors (Lipinski definition) is 12. The van der Waals surface area contributed by atoms with Gasteiger partial charge in [0.1, 0.15) is 22.8 Å². The van der Waals surface area contributed by atoms with Crippen LogP contribution in [-0.4, -0.2) is 93.4 Å². The van der Waals surface area contributed by atoms with Gasteiger partial charge in [0.15, 0.2) is 15.7 Å². The van der Waals surface area contributed by atoms with Crippen molar-refractivity contribution in [1.82, 2.24) is 35.0 Å². The number of hydrogen-bond donors (Lipinski definition) is 3. The van der Waals surface area contributed by atoms with Crippen LogP contribution in [-0.2, 0) is 9.84 Å². The van der Waals surface area contributed by atoms with Crippen LogP contribution in [0.4, 0.5) is 17.6 Å². The predicted molar refractivity (Wildman–Crippen MR) is 167 cm³/mol. The van der Waals surface area contributed by atoms with Gasteiger partial charge in [0.05, 0.1) is 22.4 Å². The molecule has 0 saturated carbocycles. The number of benzene rings is 1. The van der Waals surface area contributed by atoms with E-state index in [1.165, 1.54) is 18.7 Å². The number of aryl methyl sites for hydroxylation is 1. The maximum Gasteiger partial charge on any atom is 0.251 e. The molecule has 4 aromatic rings. The number of rotatable bonds is 10. The zero-order valence-corrected chi connectivity index (χ0v) is 26.4. The Bertz CT molecular complexity index is 1760. The van der Waals surface area contributed by atoms with Gasteiger partial charge in [-0.3, -0.25) is 14.8 Å². The predicted octanol–water partition coefficient (Wildman–Crippen LogP) is 2.77. The van der Waals surface area contributed by atoms with E-state index in [1.807, 2.05) is 13.8 Å². The molecular formula is C29H38N10O4S. The van der Waals surface area contributed by atoms with E-state index >= 15 is 0 Å². The number of piperazine rings is 1. The lowest BCUT2D eigenvalue weighted by atomic mass is 10.2. The van der Waals surface area contributed by atoms with Gasteiger partial charge in [-0.1, -0.05) is 0 Å². The van der Waals surface area contributed by atoms with Crippen LogP contribution in [0, 0.1) is 13.8 Å². The molecule has 0 aliphatic carbocycles. The Balaban J connectivity index is 1.27. The number of ether oxygens (including phenoxy) is 1. The molecule has 0 bridgehead atoms. The molecule has 0 atom stereocenters. The van der Waals surface area contributed by atoms with Crippen LogP contribution in [0.15, 0.2) is 35.7 Å². The van der Waals surface area contributed by atoms with E-state index in [4.69, 9.17) is 10.5 Å². The van der Waals surface area contributed by atoms with E-state index in [-0.39, 0.29) is 16.2 Å². The van der Waals surface area contributed by atoms with Crippen molar-refractivity contribution in [1.29, 1.82) is 0 Å². The van der Waals surface area contributed by atoms with Crippen molar-refractivity contribution in [2.24, 2.45) is 5.73 Å². The summed E-state index contributed by atoms with van der Waals surface area (Å²) >= 11 is 0. The highest BCUT2D eigenvalue weighted by Crippen LogP contribution is 2.37. The fourth-order valence-corrected chi connectivity index (χ4v) is 6.10. The highest BCUT2D eigenvalue weighted by molar-refractivity contribution is 7.92. The second-order valence-corrected chi connectivity index (χ2v) is 14.4. The number of primary amides is 1. The fourth-order valence-electron chi connectivity index (χ4n) is 4.79. The van der Waals surface area contributed by atoms with Gasteiger partial charge in [0, 0.05) is 67.8 Å². The molecule has 1 aliphatic heterocycles. The first-order valence-corrected chi connectivity index (χ1v) is 15.9. The minimum Gasteiger partial charge on any atom is -0.492 e. The number of aromatic amines is 1. The van der Waals surface area contributed by atoms with Crippen molar-refractivity contribution >= 4 is 44.2 Å². The first kappa shape index (κ1) is 31.1. The zero-order chi connectivity index (χ0) is 31.6. The lowest BCUT2D eigenvalue weighted by molar-refractivity contribution is 0.0999. The van der Waals surface area contributed by atoms with Crippen molar-refractivity contribution in [2.75, 3.05) is 49.5 Å². The summed E-state index contributed by atoms with van der Waals surface area (Å²) in [5.74, 6) is 1.34. The largest absolute Gasteiger partial charge is 0.492 e. The molecule has 1 fully saturated rings. The fraction of sp³-hybridized carbons (Fsp3) is 0.448. The van der Waals surface area contributed by atoms with Crippen LogP contribution in [0.25, 0.3) is 10.9 Å². The maximum absolute atomic E-state index is 13.7. The summed E-state index contributed by atoms with van der Waals surface area (Å²) in [5, 5.41) is 11.0. The third-order valence-electron chi connectivity index (χ3n) is 7.74. The number of anilines is 3. The molecular weight excluding hydrogens is 584 g/mol. The molecule has 4 N–H and O–H groups in total. The van der Waals surface area contributed by atoms with E-state index in [0.717, 1.165) is 44.0 Å². The highest BCUT2D eigenvalue weighted by atomic mass is 32.2. The minimum absolute atomic E-state index is 0.0984. The zero-order valence-electron chi connectivity index (χ0n) is 25.6. The topological polar surface area (TPSA) is 185 Å². The molecule has 5 rings (SSSR count). The first-order valence-electron chi connectivity index (χ1n) is 14.4. The SMILES string of the molecule is Cc1[nH]nc(Nc2ncnc3cc(OCCCN4CCN(c5ncc(C(N)=O)cn5)CC4)c(S(=O)(=O)C(C)(C)C)cc23)c1C. The van der Waals surface area contributed by atoms with E-state index in [0.29, 0.717) is 41.5 Å². The second-order valence-electron chi connectivity index (χ2n) is 11.8. The van der Waals surface area contributed by atoms with Crippen molar-refractivity contribution < 1.29 is 17.9 Å². The van der Waals surface area contributed by atoms with Gasteiger partial charge in [0.25, 0.3) is 5.91 Å². The third kappa shape index (κ3) is 6.43. The van der Waals surface area contributed by atoms with E-state index in [9.17, 15) is 13.2 Å². The number of fused-ring (bicyclic) bond motifs is 1. The van der Waals surface area contributed by atoms with Gasteiger partial charge in [-0.2, -0.15) is 5.10 Å². The average molecular weight is 623 g/mol. The van der Waals surface area contributed by atoms with Crippen LogP contribution in [0.2, 0.25) is 0 Å². The quantitative estimate of drug-likeness (QED) is 0.220. The number of carbonyl (C=O) groups excluding carboxylic acids is 1. The maximum atomic E-state index is 13.7. The molecule has 3 aromatic heterocycles. The monoisotopic (exact) mass is 622 g/mol. The van der Waals surface area contributed by atoms with Gasteiger partial charge < -0.3 is 20.7 Å². The smallest absolute Gasteiger partial charge is 0.251 e. The van der Waals surface area contributed by atoms with Crippen LogP contribution in [0.3, 0.4) is 0 Å². The van der Waals surface area contributed by atoms with Gasteiger partial charge in [-0.25, -0.2) is 28.4 Å². The second kappa shape index (κ2) is 12.3. The van der Waals surface area contributed by atoms with Crippen molar-refractivity contribution in [3.8, 4) is 5.75 Å². The number of nitrogens with zero attached hydrogens (tertiary/aromatic N) is 7. The molecule has 0 spiro atoms. The molecule has 234 valence electrons. The van der Waals surface area contributed by atoms with Gasteiger partial charge in [-0.05, 0) is 47.1 Å². The summed E-state index contributed by atoms with van der Waals surface area (Å²) in [6.07, 6.45) is 5.02. The van der Waals surface area contributed by atoms with Crippen molar-refractivity contribution in [3.05, 3.63) is 47.7 Å². The Labute approximate surface area is 256 Å². The standard InChI is InChI=1S/C29H38N10O4S/c1-18-19(2)36-37-26(18)35-27-21-13-24(44(41,42)29(3,4)5)23(14-22(21)33-17-34-27)43-12-6-7-38-8-10-39(11-9-38)28-31-15-20(16-32-28)25(30)40/h13-17H,6-12H2,1-5H3,(H2,30,40)(H2,33,34,35,36,37). The number of carbonyl (C=O) groups is 1. The number of aromatic nitrogens is 6. The van der Waals surface area contributed by atoms with Crippen LogP contribution in [0.5, 0.6) is 5.75 Å². The Hall–Kier alpha value is -4.37. The molecule has 0 radical (unpaired) electrons. The molecule has 1 aromatic carbocycles. The number of H-pyrrole nitrogens is 1. The molecule has 1 aliphatic rings. The molecule has 15 heteroatoms. The molecule has 0 unspecified atom stereocenters. The molecule has 4 heterocycles. The Kier molecular flexibility index (Phi) is 8.70. The van der Waals surface area contributed by atoms with Crippen molar-refractivity contribution in [3.63, 3.8) is 0 Å². The molecule has 1 amide bonds. The number of nitrogens with two attached hydrogens (primary N) is 1. The summed E-state index contributed by atoms with van der Waals surface area (Å²) in [6, 6.07) is 3.27. The number of nitrogens with one attached hydrogen (secondary N) is 2. The molecule has 1 saturated heterocycles. The van der Waals surface area contributed by atoms with Crippen LogP contribution in [0.1, 0.15) is 48.8 Å². The Morgan fingerprint density at radius 3 is 2.36 bits per heavy atom. The summed E-state index contributed by atoms with van der Waals surface area (Å²) in [7, 11) is -3.77. The van der Waals surface area contributed by atoms with Gasteiger partial charge in [-0.15, -0.1) is 0 Å². The normalized spacial score (nSPS) is 14.6. The van der Waals surface area contributed by atoms with Crippen LogP contribution >= 0.6 is 0 Å². The lowest BCUT2D eigenvalue weighted by Crippen LogP contribution is -2.47. The van der Waals surface area contributed by atoms with E-state index in [1.54, 1.807) is 32.9 Å². The summed E-state index contributed by atoms with van der Waals surface area (Å²) in [6.45, 7) is 13.1. The van der Waals surface area contributed by atoms with Crippen molar-refractivity contribution in [2.45, 2.75) is 50.7 Å². The Morgan fingerprint density at radius 2 is 1.75 bits per heavy atom. The summed E-state index contributed by atoms with van der Waals surface area (Å²) < 4.78 is 32.5. The van der Waals surface area contributed by atoms with Gasteiger partial charge in [0.2, 0.25) is 5.95 Å². The highest BCUT2D eigenvalue weighted by Gasteiger charge is 2.34. The third-order valence-corrected chi connectivity index (χ3v) is 10.3. The molecule has 14 nitrogen and oxygen atoms in total. The van der Waals surface area contributed by atoms with E-state index in [2.05, 4.69) is 45.2 Å². The number of sulfone groups is 1. The van der Waals surface area contributed by atoms with E-state index < -0.39 is 20.5 Å². The summed E-state index contributed by atoms with van der Waals surface area (Å²) in [5.41, 5.74) is 7.97. The minimum atomic E-state index is -3.77. The number of amides is 1. The summed E-state index contributed by atoms with van der Waals surface area (Å²) in [4.78, 5) is 33.1. The average Bonchev–Trinajstić information content (AvgIpc) is 3.31. The van der Waals surface area contributed by atoms with Gasteiger partial charge >= 0.3 is 0 Å². The molecule has 44 heavy (non-hydrogen) atoms.